The van der Waals surface area contributed by atoms with Gasteiger partial charge in [-0.25, -0.2) is 0 Å². The Balaban J connectivity index is -0.000000136. The summed E-state index contributed by atoms with van der Waals surface area (Å²) in [6.07, 6.45) is 4.36. The molecule has 0 aromatic carbocycles. The number of hydrogen-bond acceptors (Lipinski definition) is 0. The van der Waals surface area contributed by atoms with Crippen LogP contribution in [0.4, 0.5) is 0 Å². The third kappa shape index (κ3) is 24.1. The molecule has 0 aromatic rings. The van der Waals surface area contributed by atoms with Crippen molar-refractivity contribution in [3.8, 4) is 0 Å². The normalized spacial score (nSPS) is 16.2. The fourth-order valence-electron chi connectivity index (χ4n) is 3.33. The molecule has 0 unspecified atom stereocenters. The summed E-state index contributed by atoms with van der Waals surface area (Å²) in [7, 11) is 10.6. The molecule has 2 radical (unpaired) electrons. The van der Waals surface area contributed by atoms with Crippen LogP contribution in [0.2, 0.25) is 0 Å². The van der Waals surface area contributed by atoms with Gasteiger partial charge in [-0.05, 0) is 19.3 Å². The largest absolute Gasteiger partial charge is 0.462 e. The van der Waals surface area contributed by atoms with Crippen molar-refractivity contribution in [2.75, 3.05) is 47.3 Å². The van der Waals surface area contributed by atoms with Crippen LogP contribution < -0.4 is 0 Å². The van der Waals surface area contributed by atoms with Gasteiger partial charge in [0.05, 0.1) is 33.2 Å². The fourth-order valence-corrected chi connectivity index (χ4v) is 3.33. The van der Waals surface area contributed by atoms with E-state index in [2.05, 4.69) is 62.8 Å². The quantitative estimate of drug-likeness (QED) is 0.409. The van der Waals surface area contributed by atoms with Crippen molar-refractivity contribution in [3.63, 3.8) is 0 Å². The van der Waals surface area contributed by atoms with Crippen molar-refractivity contribution in [1.29, 1.82) is 0 Å². The van der Waals surface area contributed by atoms with E-state index < -0.39 is 0 Å². The van der Waals surface area contributed by atoms with E-state index >= 15 is 0 Å². The molecule has 0 saturated carbocycles. The Morgan fingerprint density at radius 1 is 0.870 bits per heavy atom. The molecule has 23 heavy (non-hydrogen) atoms. The molecule has 0 bridgehead atoms. The third-order valence-corrected chi connectivity index (χ3v) is 3.56. The summed E-state index contributed by atoms with van der Waals surface area (Å²) in [5, 5.41) is 0. The van der Waals surface area contributed by atoms with Gasteiger partial charge in [0.2, 0.25) is 0 Å². The van der Waals surface area contributed by atoms with Crippen LogP contribution in [0.15, 0.2) is 0 Å². The van der Waals surface area contributed by atoms with Crippen LogP contribution in [-0.4, -0.2) is 56.3 Å². The molecule has 4 heteroatoms. The van der Waals surface area contributed by atoms with E-state index in [1.165, 1.54) is 43.4 Å². The van der Waals surface area contributed by atoms with E-state index in [0.29, 0.717) is 0 Å². The Morgan fingerprint density at radius 3 is 1.48 bits per heavy atom. The second kappa shape index (κ2) is 17.5. The van der Waals surface area contributed by atoms with E-state index in [1.54, 1.807) is 6.92 Å². The van der Waals surface area contributed by atoms with Crippen LogP contribution in [0.25, 0.3) is 0 Å². The molecule has 1 heterocycles. The number of nitrogens with zero attached hydrogens (tertiary/aromatic N) is 2. The molecule has 1 fully saturated rings. The molecule has 1 saturated heterocycles. The maximum Gasteiger partial charge on any atom is 0.0807 e. The van der Waals surface area contributed by atoms with Crippen molar-refractivity contribution >= 4 is 0 Å². The summed E-state index contributed by atoms with van der Waals surface area (Å²) in [5.41, 5.74) is 0. The Morgan fingerprint density at radius 2 is 1.26 bits per heavy atom. The molecule has 1 aliphatic heterocycles. The van der Waals surface area contributed by atoms with Gasteiger partial charge in [-0.15, -0.1) is 7.05 Å². The minimum absolute atomic E-state index is 0. The Bertz CT molecular complexity index is 230. The maximum absolute atomic E-state index is 3.95. The van der Waals surface area contributed by atoms with Crippen molar-refractivity contribution in [2.45, 2.75) is 53.9 Å². The molecule has 1 aliphatic rings. The third-order valence-electron chi connectivity index (χ3n) is 3.56. The smallest absolute Gasteiger partial charge is 0.0807 e. The average Bonchev–Trinajstić information content (AvgIpc) is 2.28. The summed E-state index contributed by atoms with van der Waals surface area (Å²) >= 11 is 0. The molecule has 0 aliphatic carbocycles. The van der Waals surface area contributed by atoms with E-state index in [4.69, 9.17) is 0 Å². The van der Waals surface area contributed by atoms with Gasteiger partial charge < -0.3 is 15.9 Å². The minimum atomic E-state index is 0. The zero-order valence-corrected chi connectivity index (χ0v) is 23.2. The Labute approximate surface area is 199 Å². The average molecular weight is 478 g/mol. The summed E-state index contributed by atoms with van der Waals surface area (Å²) in [4.78, 5) is 0. The van der Waals surface area contributed by atoms with Crippen LogP contribution in [0.3, 0.4) is 0 Å². The van der Waals surface area contributed by atoms with E-state index in [-0.39, 0.29) is 65.4 Å². The Hall–Kier alpha value is 2.13. The minimum Gasteiger partial charge on any atom is -0.462 e. The molecule has 1 rings (SSSR count). The fraction of sp³-hybridized carbons (Fsp3) is 0.895. The second-order valence-electron chi connectivity index (χ2n) is 8.22. The van der Waals surface area contributed by atoms with Gasteiger partial charge in [-0.3, -0.25) is 0 Å². The van der Waals surface area contributed by atoms with Crippen molar-refractivity contribution in [1.82, 2.24) is 0 Å². The summed E-state index contributed by atoms with van der Waals surface area (Å²) in [6, 6.07) is 0. The zero-order chi connectivity index (χ0) is 17.1. The molecule has 0 amide bonds. The number of quaternary nitrogens is 2. The standard InChI is InChI=1S/C10H22N.C7H17N.C2H5.2Y/c1-10(2)9-11(3)7-5-4-6-8-11;1-7(2)6-8(3,4)5;1-2;;/h10H,4-9H2,1-3H3;7H,3,6H2,1-2,4-5H3;1H2,2H3;;/q+1;;-1;;. The van der Waals surface area contributed by atoms with Crippen LogP contribution in [0, 0.1) is 25.8 Å². The van der Waals surface area contributed by atoms with Crippen LogP contribution in [0.5, 0.6) is 0 Å². The molecule has 0 spiro atoms. The summed E-state index contributed by atoms with van der Waals surface area (Å²) in [5.74, 6) is 1.61. The predicted molar refractivity (Wildman–Crippen MR) is 97.7 cm³/mol. The topological polar surface area (TPSA) is 0 Å². The van der Waals surface area contributed by atoms with Gasteiger partial charge >= 0.3 is 0 Å². The zero-order valence-electron chi connectivity index (χ0n) is 17.6. The van der Waals surface area contributed by atoms with Crippen molar-refractivity contribution in [2.24, 2.45) is 11.8 Å². The van der Waals surface area contributed by atoms with Crippen LogP contribution in [0.1, 0.15) is 53.9 Å². The first-order valence-corrected chi connectivity index (χ1v) is 8.76. The molecule has 0 atom stereocenters. The SMILES string of the molecule is CC(C)C[N+]1(C)CCCCC1.[CH2-]C.[CH2-][N+](C)(C)CC(C)C.[Y].[Y]. The van der Waals surface area contributed by atoms with E-state index in [0.717, 1.165) is 22.9 Å². The van der Waals surface area contributed by atoms with Crippen LogP contribution in [-0.2, 0) is 65.4 Å². The predicted octanol–water partition coefficient (Wildman–Crippen LogP) is 4.62. The first-order chi connectivity index (χ1) is 9.54. The van der Waals surface area contributed by atoms with Crippen LogP contribution >= 0.6 is 0 Å². The van der Waals surface area contributed by atoms with Gasteiger partial charge in [-0.2, -0.15) is 6.92 Å². The van der Waals surface area contributed by atoms with Gasteiger partial charge in [0.15, 0.2) is 0 Å². The van der Waals surface area contributed by atoms with Gasteiger partial charge in [0.1, 0.15) is 0 Å². The molecular formula is C19H44N2Y2. The molecule has 0 N–H and O–H groups in total. The first kappa shape index (κ1) is 32.8. The van der Waals surface area contributed by atoms with E-state index in [9.17, 15) is 0 Å². The Kier molecular flexibility index (Phi) is 25.0. The van der Waals surface area contributed by atoms with E-state index in [1.807, 2.05) is 0 Å². The second-order valence-corrected chi connectivity index (χ2v) is 8.22. The maximum atomic E-state index is 3.95. The number of rotatable bonds is 4. The number of hydrogen-bond donors (Lipinski definition) is 0. The van der Waals surface area contributed by atoms with Gasteiger partial charge in [0, 0.05) is 91.3 Å². The molecule has 2 nitrogen and oxygen atoms in total. The van der Waals surface area contributed by atoms with Crippen molar-refractivity contribution in [3.05, 3.63) is 14.0 Å². The summed E-state index contributed by atoms with van der Waals surface area (Å²) < 4.78 is 2.16. The molecule has 0 aromatic heterocycles. The summed E-state index contributed by atoms with van der Waals surface area (Å²) in [6.45, 7) is 19.4. The van der Waals surface area contributed by atoms with Gasteiger partial charge in [-0.1, -0.05) is 27.7 Å². The number of piperidine rings is 1. The molecular weight excluding hydrogens is 434 g/mol. The first-order valence-electron chi connectivity index (χ1n) is 8.76. The van der Waals surface area contributed by atoms with Gasteiger partial charge in [0.25, 0.3) is 0 Å². The number of likely N-dealkylation sites (tertiary alicyclic amines) is 1. The van der Waals surface area contributed by atoms with Crippen molar-refractivity contribution < 1.29 is 74.4 Å². The monoisotopic (exact) mass is 478 g/mol. The molecule has 136 valence electrons.